The van der Waals surface area contributed by atoms with Gasteiger partial charge in [0.2, 0.25) is 5.89 Å². The van der Waals surface area contributed by atoms with Gasteiger partial charge >= 0.3 is 0 Å². The first kappa shape index (κ1) is 32.9. The van der Waals surface area contributed by atoms with Crippen molar-refractivity contribution < 1.29 is 4.42 Å². The molecule has 0 aliphatic heterocycles. The molecule has 0 amide bonds. The van der Waals surface area contributed by atoms with E-state index in [2.05, 4.69) is 178 Å². The van der Waals surface area contributed by atoms with Gasteiger partial charge in [0, 0.05) is 11.0 Å². The molecule has 11 aromatic rings. The molecule has 58 heavy (non-hydrogen) atoms. The minimum Gasteiger partial charge on any atom is -0.436 e. The molecule has 0 radical (unpaired) electrons. The molecule has 0 N–H and O–H groups in total. The maximum absolute atomic E-state index is 6.13. The van der Waals surface area contributed by atoms with E-state index < -0.39 is 0 Å². The van der Waals surface area contributed by atoms with Crippen molar-refractivity contribution in [3.63, 3.8) is 0 Å². The molecule has 12 rings (SSSR count). The maximum atomic E-state index is 6.13. The summed E-state index contributed by atoms with van der Waals surface area (Å²) in [6, 6.07) is 69.0. The summed E-state index contributed by atoms with van der Waals surface area (Å²) in [5, 5.41) is 9.98. The highest BCUT2D eigenvalue weighted by Crippen LogP contribution is 2.53. The maximum Gasteiger partial charge on any atom is 0.227 e. The van der Waals surface area contributed by atoms with Gasteiger partial charge in [0.1, 0.15) is 5.52 Å². The van der Waals surface area contributed by atoms with Gasteiger partial charge in [0.15, 0.2) is 5.58 Å². The first-order valence-corrected chi connectivity index (χ1v) is 20.1. The molecule has 0 saturated carbocycles. The third-order valence-corrected chi connectivity index (χ3v) is 12.7. The molecular weight excluding hydrogens is 703 g/mol. The largest absolute Gasteiger partial charge is 0.436 e. The number of nitrogens with zero attached hydrogens (tertiary/aromatic N) is 1. The van der Waals surface area contributed by atoms with Gasteiger partial charge in [-0.2, -0.15) is 0 Å². The lowest BCUT2D eigenvalue weighted by atomic mass is 9.79. The zero-order valence-electron chi connectivity index (χ0n) is 32.3. The predicted molar refractivity (Wildman–Crippen MR) is 243 cm³/mol. The van der Waals surface area contributed by atoms with E-state index in [9.17, 15) is 0 Å². The molecule has 272 valence electrons. The van der Waals surface area contributed by atoms with E-state index in [1.165, 1.54) is 87.6 Å². The molecular formula is C56H37NO. The van der Waals surface area contributed by atoms with Crippen LogP contribution in [0.4, 0.5) is 0 Å². The van der Waals surface area contributed by atoms with Crippen LogP contribution in [0.1, 0.15) is 25.0 Å². The summed E-state index contributed by atoms with van der Waals surface area (Å²) >= 11 is 0. The average molecular weight is 740 g/mol. The van der Waals surface area contributed by atoms with Crippen molar-refractivity contribution in [3.8, 4) is 56.0 Å². The van der Waals surface area contributed by atoms with Gasteiger partial charge in [0.25, 0.3) is 0 Å². The summed E-state index contributed by atoms with van der Waals surface area (Å²) in [6.45, 7) is 4.76. The average Bonchev–Trinajstić information content (AvgIpc) is 3.80. The summed E-state index contributed by atoms with van der Waals surface area (Å²) in [4.78, 5) is 4.76. The molecule has 0 bridgehead atoms. The quantitative estimate of drug-likeness (QED) is 0.168. The number of hydrogen-bond donors (Lipinski definition) is 0. The lowest BCUT2D eigenvalue weighted by Gasteiger charge is -2.24. The van der Waals surface area contributed by atoms with Crippen LogP contribution in [0.3, 0.4) is 0 Å². The van der Waals surface area contributed by atoms with Crippen LogP contribution in [-0.4, -0.2) is 4.98 Å². The Kier molecular flexibility index (Phi) is 7.01. The molecule has 1 aromatic heterocycles. The molecule has 1 aliphatic rings. The van der Waals surface area contributed by atoms with Crippen molar-refractivity contribution in [2.45, 2.75) is 19.3 Å². The Hall–Kier alpha value is -7.29. The van der Waals surface area contributed by atoms with Crippen molar-refractivity contribution >= 4 is 54.2 Å². The van der Waals surface area contributed by atoms with Gasteiger partial charge in [0.05, 0.1) is 0 Å². The Morgan fingerprint density at radius 3 is 1.66 bits per heavy atom. The van der Waals surface area contributed by atoms with Crippen LogP contribution in [0.15, 0.2) is 192 Å². The SMILES string of the molecule is CC1(C)c2ccccc2-c2cc3c(-c4ccc5ccccc5c4)c4ccc(-c5ccc(-c6nc7ccccc7o6)cc5)cc4c(-c4ccc5ccccc5c4)c3cc21. The van der Waals surface area contributed by atoms with Crippen molar-refractivity contribution in [1.82, 2.24) is 4.98 Å². The van der Waals surface area contributed by atoms with Crippen LogP contribution in [0, 0.1) is 0 Å². The summed E-state index contributed by atoms with van der Waals surface area (Å²) in [7, 11) is 0. The summed E-state index contributed by atoms with van der Waals surface area (Å²) in [6.07, 6.45) is 0. The van der Waals surface area contributed by atoms with E-state index in [1.54, 1.807) is 0 Å². The Balaban J connectivity index is 1.16. The molecule has 0 spiro atoms. The molecule has 1 heterocycles. The highest BCUT2D eigenvalue weighted by molar-refractivity contribution is 6.23. The lowest BCUT2D eigenvalue weighted by molar-refractivity contribution is 0.620. The van der Waals surface area contributed by atoms with E-state index >= 15 is 0 Å². The highest BCUT2D eigenvalue weighted by Gasteiger charge is 2.36. The monoisotopic (exact) mass is 739 g/mol. The lowest BCUT2D eigenvalue weighted by Crippen LogP contribution is -2.14. The number of hydrogen-bond acceptors (Lipinski definition) is 2. The fourth-order valence-electron chi connectivity index (χ4n) is 9.71. The summed E-state index contributed by atoms with van der Waals surface area (Å²) in [5.41, 5.74) is 15.2. The van der Waals surface area contributed by atoms with Crippen molar-refractivity contribution in [1.29, 1.82) is 0 Å². The second-order valence-electron chi connectivity index (χ2n) is 16.3. The number of aromatic nitrogens is 1. The van der Waals surface area contributed by atoms with Gasteiger partial charge in [-0.05, 0) is 153 Å². The fourth-order valence-corrected chi connectivity index (χ4v) is 9.71. The molecule has 0 fully saturated rings. The third kappa shape index (κ3) is 4.95. The molecule has 2 nitrogen and oxygen atoms in total. The zero-order chi connectivity index (χ0) is 38.5. The molecule has 1 aliphatic carbocycles. The first-order chi connectivity index (χ1) is 28.5. The Bertz CT molecular complexity index is 3440. The van der Waals surface area contributed by atoms with E-state index in [0.29, 0.717) is 5.89 Å². The zero-order valence-corrected chi connectivity index (χ0v) is 32.3. The highest BCUT2D eigenvalue weighted by atomic mass is 16.3. The van der Waals surface area contributed by atoms with Gasteiger partial charge < -0.3 is 4.42 Å². The Morgan fingerprint density at radius 2 is 0.931 bits per heavy atom. The topological polar surface area (TPSA) is 26.0 Å². The molecule has 0 saturated heterocycles. The number of fused-ring (bicyclic) bond motifs is 8. The van der Waals surface area contributed by atoms with Crippen LogP contribution in [0.25, 0.3) is 110 Å². The number of para-hydroxylation sites is 2. The van der Waals surface area contributed by atoms with Gasteiger partial charge in [-0.3, -0.25) is 0 Å². The third-order valence-electron chi connectivity index (χ3n) is 12.7. The summed E-state index contributed by atoms with van der Waals surface area (Å²) in [5.74, 6) is 0.633. The smallest absolute Gasteiger partial charge is 0.227 e. The number of rotatable bonds is 4. The number of benzene rings is 10. The Morgan fingerprint density at radius 1 is 0.379 bits per heavy atom. The van der Waals surface area contributed by atoms with Gasteiger partial charge in [-0.1, -0.05) is 147 Å². The minimum atomic E-state index is -0.142. The normalized spacial score (nSPS) is 13.1. The van der Waals surface area contributed by atoms with Gasteiger partial charge in [-0.25, -0.2) is 4.98 Å². The van der Waals surface area contributed by atoms with Crippen LogP contribution in [0.2, 0.25) is 0 Å². The van der Waals surface area contributed by atoms with Crippen molar-refractivity contribution in [2.24, 2.45) is 0 Å². The standard InChI is InChI=1S/C56H37NO/c1-56(2)49-16-8-7-15-43(49)45-32-47-48(33-50(45)56)54(42-26-22-35-12-4-6-14-39(35)30-42)46-31-40(27-28-44(46)53(47)41-25-21-34-11-3-5-13-38(34)29-41)36-19-23-37(24-20-36)55-57-51-17-9-10-18-52(51)58-55/h3-33H,1-2H3. The van der Waals surface area contributed by atoms with Crippen LogP contribution in [-0.2, 0) is 5.41 Å². The van der Waals surface area contributed by atoms with E-state index in [0.717, 1.165) is 27.8 Å². The van der Waals surface area contributed by atoms with Crippen molar-refractivity contribution in [2.75, 3.05) is 0 Å². The van der Waals surface area contributed by atoms with Crippen LogP contribution in [0.5, 0.6) is 0 Å². The predicted octanol–water partition coefficient (Wildman–Crippen LogP) is 15.4. The number of oxazole rings is 1. The fraction of sp³-hybridized carbons (Fsp3) is 0.0536. The van der Waals surface area contributed by atoms with Crippen LogP contribution < -0.4 is 0 Å². The second-order valence-corrected chi connectivity index (χ2v) is 16.3. The Labute approximate surface area is 336 Å². The van der Waals surface area contributed by atoms with E-state index in [1.807, 2.05) is 24.3 Å². The minimum absolute atomic E-state index is 0.142. The summed E-state index contributed by atoms with van der Waals surface area (Å²) < 4.78 is 6.13. The molecule has 10 aromatic carbocycles. The van der Waals surface area contributed by atoms with E-state index in [4.69, 9.17) is 9.40 Å². The van der Waals surface area contributed by atoms with Crippen molar-refractivity contribution in [3.05, 3.63) is 199 Å². The molecule has 2 heteroatoms. The van der Waals surface area contributed by atoms with Crippen LogP contribution >= 0.6 is 0 Å². The second kappa shape index (κ2) is 12.4. The van der Waals surface area contributed by atoms with E-state index in [-0.39, 0.29) is 5.41 Å². The van der Waals surface area contributed by atoms with Gasteiger partial charge in [-0.15, -0.1) is 0 Å². The molecule has 0 atom stereocenters. The first-order valence-electron chi connectivity index (χ1n) is 20.1. The molecule has 0 unspecified atom stereocenters.